The molecule has 0 aliphatic rings. The first-order chi connectivity index (χ1) is 22.6. The minimum absolute atomic E-state index is 0.0411. The number of halogens is 8. The highest BCUT2D eigenvalue weighted by Gasteiger charge is 2.27. The standard InChI is InChI=1S/C32H22F8N4O4/c1-13-21(33)23(35)18(24(36)22(13)34)10-42-31(47)16-6-3-7-17(9-16)32(48)44-12-20-27(39)25(37)19(26(38)28(20)40)11-43-30(46)15-5-2-4-14(8-15)29(41)45/h2-9H,10-12H2,1H3,(H2,41,45)(H,42,47)(H,43,46)(H,44,48). The van der Waals surface area contributed by atoms with Gasteiger partial charge in [0.25, 0.3) is 17.7 Å². The molecule has 0 heterocycles. The second-order valence-corrected chi connectivity index (χ2v) is 10.1. The van der Waals surface area contributed by atoms with Crippen LogP contribution in [0.15, 0.2) is 48.5 Å². The fourth-order valence-corrected chi connectivity index (χ4v) is 4.40. The van der Waals surface area contributed by atoms with Gasteiger partial charge in [0.05, 0.1) is 0 Å². The molecule has 0 saturated carbocycles. The van der Waals surface area contributed by atoms with Crippen LogP contribution in [0.1, 0.15) is 63.7 Å². The van der Waals surface area contributed by atoms with Crippen LogP contribution in [0.25, 0.3) is 0 Å². The monoisotopic (exact) mass is 678 g/mol. The first-order valence-corrected chi connectivity index (χ1v) is 13.6. The lowest BCUT2D eigenvalue weighted by atomic mass is 10.1. The molecule has 0 fully saturated rings. The van der Waals surface area contributed by atoms with E-state index in [2.05, 4.69) is 5.32 Å². The Morgan fingerprint density at radius 2 is 0.771 bits per heavy atom. The molecule has 4 aromatic carbocycles. The predicted molar refractivity (Wildman–Crippen MR) is 152 cm³/mol. The van der Waals surface area contributed by atoms with Gasteiger partial charge in [-0.15, -0.1) is 0 Å². The first kappa shape index (κ1) is 35.1. The summed E-state index contributed by atoms with van der Waals surface area (Å²) in [5.74, 6) is -18.1. The fourth-order valence-electron chi connectivity index (χ4n) is 4.40. The second kappa shape index (κ2) is 14.3. The van der Waals surface area contributed by atoms with Crippen molar-refractivity contribution < 1.29 is 54.3 Å². The van der Waals surface area contributed by atoms with Crippen LogP contribution in [-0.2, 0) is 19.6 Å². The van der Waals surface area contributed by atoms with Crippen LogP contribution < -0.4 is 21.7 Å². The summed E-state index contributed by atoms with van der Waals surface area (Å²) in [7, 11) is 0. The van der Waals surface area contributed by atoms with E-state index in [1.165, 1.54) is 24.3 Å². The zero-order chi connectivity index (χ0) is 35.4. The molecule has 0 radical (unpaired) electrons. The Labute approximate surface area is 265 Å². The SMILES string of the molecule is Cc1c(F)c(F)c(CNC(=O)c2cccc(C(=O)NCc3c(F)c(F)c(CNC(=O)c4cccc(C(N)=O)c4)c(F)c3F)c2)c(F)c1F. The highest BCUT2D eigenvalue weighted by molar-refractivity contribution is 6.00. The second-order valence-electron chi connectivity index (χ2n) is 10.1. The zero-order valence-corrected chi connectivity index (χ0v) is 24.5. The lowest BCUT2D eigenvalue weighted by Crippen LogP contribution is -2.28. The highest BCUT2D eigenvalue weighted by Crippen LogP contribution is 2.25. The van der Waals surface area contributed by atoms with E-state index >= 15 is 0 Å². The molecule has 4 rings (SSSR count). The van der Waals surface area contributed by atoms with E-state index in [0.717, 1.165) is 31.2 Å². The van der Waals surface area contributed by atoms with Gasteiger partial charge in [-0.25, -0.2) is 35.1 Å². The molecule has 0 aromatic heterocycles. The summed E-state index contributed by atoms with van der Waals surface area (Å²) < 4.78 is 115. The van der Waals surface area contributed by atoms with Crippen LogP contribution in [0.3, 0.4) is 0 Å². The van der Waals surface area contributed by atoms with E-state index in [-0.39, 0.29) is 22.3 Å². The minimum Gasteiger partial charge on any atom is -0.366 e. The third-order valence-electron chi connectivity index (χ3n) is 7.09. The van der Waals surface area contributed by atoms with Crippen molar-refractivity contribution in [3.05, 3.63) is 140 Å². The quantitative estimate of drug-likeness (QED) is 0.139. The maximum Gasteiger partial charge on any atom is 0.251 e. The van der Waals surface area contributed by atoms with Gasteiger partial charge >= 0.3 is 0 Å². The van der Waals surface area contributed by atoms with Gasteiger partial charge in [0, 0.05) is 64.1 Å². The van der Waals surface area contributed by atoms with Crippen LogP contribution in [0.5, 0.6) is 0 Å². The third-order valence-corrected chi connectivity index (χ3v) is 7.09. The topological polar surface area (TPSA) is 130 Å². The average molecular weight is 679 g/mol. The summed E-state index contributed by atoms with van der Waals surface area (Å²) in [5.41, 5.74) is 0.0261. The van der Waals surface area contributed by atoms with E-state index in [0.29, 0.717) is 0 Å². The van der Waals surface area contributed by atoms with Gasteiger partial charge in [0.15, 0.2) is 46.5 Å². The van der Waals surface area contributed by atoms with Gasteiger partial charge in [-0.3, -0.25) is 19.2 Å². The molecule has 250 valence electrons. The van der Waals surface area contributed by atoms with Gasteiger partial charge in [0.1, 0.15) is 0 Å². The summed E-state index contributed by atoms with van der Waals surface area (Å²) in [4.78, 5) is 48.9. The van der Waals surface area contributed by atoms with Gasteiger partial charge in [-0.2, -0.15) is 0 Å². The molecule has 0 spiro atoms. The van der Waals surface area contributed by atoms with Gasteiger partial charge in [-0.1, -0.05) is 12.1 Å². The van der Waals surface area contributed by atoms with E-state index in [4.69, 9.17) is 5.73 Å². The minimum atomic E-state index is -1.87. The molecule has 0 unspecified atom stereocenters. The van der Waals surface area contributed by atoms with Crippen molar-refractivity contribution in [1.82, 2.24) is 16.0 Å². The summed E-state index contributed by atoms with van der Waals surface area (Å²) >= 11 is 0. The smallest absolute Gasteiger partial charge is 0.251 e. The fraction of sp³-hybridized carbons (Fsp3) is 0.125. The molecule has 0 aliphatic carbocycles. The van der Waals surface area contributed by atoms with Gasteiger partial charge < -0.3 is 21.7 Å². The van der Waals surface area contributed by atoms with Gasteiger partial charge in [0.2, 0.25) is 5.91 Å². The van der Waals surface area contributed by atoms with Crippen molar-refractivity contribution in [3.63, 3.8) is 0 Å². The predicted octanol–water partition coefficient (Wildman–Crippen LogP) is 5.00. The molecule has 0 bridgehead atoms. The van der Waals surface area contributed by atoms with Crippen LogP contribution in [0.4, 0.5) is 35.1 Å². The highest BCUT2D eigenvalue weighted by atomic mass is 19.2. The lowest BCUT2D eigenvalue weighted by Gasteiger charge is -2.14. The Morgan fingerprint density at radius 1 is 0.500 bits per heavy atom. The van der Waals surface area contributed by atoms with Crippen molar-refractivity contribution in [2.75, 3.05) is 0 Å². The van der Waals surface area contributed by atoms with Crippen LogP contribution in [-0.4, -0.2) is 23.6 Å². The Morgan fingerprint density at radius 3 is 1.08 bits per heavy atom. The normalized spacial score (nSPS) is 10.9. The van der Waals surface area contributed by atoms with Crippen molar-refractivity contribution in [2.45, 2.75) is 26.6 Å². The van der Waals surface area contributed by atoms with Crippen LogP contribution in [0.2, 0.25) is 0 Å². The Kier molecular flexibility index (Phi) is 10.5. The number of nitrogens with two attached hydrogens (primary N) is 1. The van der Waals surface area contributed by atoms with E-state index in [9.17, 15) is 54.3 Å². The van der Waals surface area contributed by atoms with Gasteiger partial charge in [-0.05, 0) is 43.3 Å². The number of rotatable bonds is 10. The molecule has 8 nitrogen and oxygen atoms in total. The number of amides is 4. The molecular formula is C32H22F8N4O4. The van der Waals surface area contributed by atoms with E-state index < -0.39 is 112 Å². The summed E-state index contributed by atoms with van der Waals surface area (Å²) in [6, 6.07) is 9.41. The summed E-state index contributed by atoms with van der Waals surface area (Å²) in [5, 5.41) is 6.17. The number of primary amides is 1. The third kappa shape index (κ3) is 7.11. The molecule has 0 atom stereocenters. The van der Waals surface area contributed by atoms with Crippen molar-refractivity contribution >= 4 is 23.6 Å². The molecule has 5 N–H and O–H groups in total. The molecule has 0 aliphatic heterocycles. The molecule has 4 aromatic rings. The van der Waals surface area contributed by atoms with Crippen LogP contribution in [0, 0.1) is 53.5 Å². The molecule has 16 heteroatoms. The number of hydrogen-bond donors (Lipinski definition) is 4. The number of nitrogens with one attached hydrogen (secondary N) is 3. The molecule has 4 amide bonds. The van der Waals surface area contributed by atoms with Crippen LogP contribution >= 0.6 is 0 Å². The Bertz CT molecular complexity index is 1930. The first-order valence-electron chi connectivity index (χ1n) is 13.6. The Hall–Kier alpha value is -5.80. The van der Waals surface area contributed by atoms with E-state index in [1.54, 1.807) is 0 Å². The number of carbonyl (C=O) groups excluding carboxylic acids is 4. The lowest BCUT2D eigenvalue weighted by molar-refractivity contribution is 0.0937. The summed E-state index contributed by atoms with van der Waals surface area (Å²) in [6.07, 6.45) is 0. The number of benzene rings is 4. The molecule has 48 heavy (non-hydrogen) atoms. The Balaban J connectivity index is 1.43. The van der Waals surface area contributed by atoms with Crippen molar-refractivity contribution in [2.24, 2.45) is 5.73 Å². The number of carbonyl (C=O) groups is 4. The number of hydrogen-bond acceptors (Lipinski definition) is 4. The average Bonchev–Trinajstić information content (AvgIpc) is 3.08. The maximum atomic E-state index is 14.8. The van der Waals surface area contributed by atoms with E-state index in [1.807, 2.05) is 10.6 Å². The largest absolute Gasteiger partial charge is 0.366 e. The van der Waals surface area contributed by atoms with Crippen molar-refractivity contribution in [1.29, 1.82) is 0 Å². The molecular weight excluding hydrogens is 656 g/mol. The molecule has 0 saturated heterocycles. The maximum absolute atomic E-state index is 14.8. The summed E-state index contributed by atoms with van der Waals surface area (Å²) in [6.45, 7) is -2.23. The van der Waals surface area contributed by atoms with Crippen molar-refractivity contribution in [3.8, 4) is 0 Å². The zero-order valence-electron chi connectivity index (χ0n) is 24.5.